The second-order valence-electron chi connectivity index (χ2n) is 4.20. The number of aliphatic hydroxyl groups is 1. The normalized spacial score (nSPS) is 29.2. The molecule has 88 valence electrons. The number of halogens is 1. The Labute approximate surface area is 99.6 Å². The summed E-state index contributed by atoms with van der Waals surface area (Å²) in [6.45, 7) is 0.438. The number of phenols is 1. The van der Waals surface area contributed by atoms with Gasteiger partial charge in [0, 0.05) is 17.4 Å². The second kappa shape index (κ2) is 4.93. The lowest BCUT2D eigenvalue weighted by molar-refractivity contribution is 0.0985. The Kier molecular flexibility index (Phi) is 3.56. The van der Waals surface area contributed by atoms with Gasteiger partial charge in [-0.3, -0.25) is 0 Å². The van der Waals surface area contributed by atoms with Gasteiger partial charge in [0.05, 0.1) is 12.7 Å². The first kappa shape index (κ1) is 11.6. The molecule has 16 heavy (non-hydrogen) atoms. The molecule has 1 aliphatic carbocycles. The molecule has 2 N–H and O–H groups in total. The van der Waals surface area contributed by atoms with Crippen LogP contribution in [-0.2, 0) is 0 Å². The highest BCUT2D eigenvalue weighted by atomic mass is 35.5. The van der Waals surface area contributed by atoms with Gasteiger partial charge in [-0.2, -0.15) is 0 Å². The minimum absolute atomic E-state index is 0.0489. The van der Waals surface area contributed by atoms with Crippen LogP contribution >= 0.6 is 11.6 Å². The van der Waals surface area contributed by atoms with Crippen LogP contribution in [0, 0.1) is 5.92 Å². The van der Waals surface area contributed by atoms with E-state index in [4.69, 9.17) is 16.3 Å². The van der Waals surface area contributed by atoms with Gasteiger partial charge in [0.1, 0.15) is 11.5 Å². The summed E-state index contributed by atoms with van der Waals surface area (Å²) in [5.41, 5.74) is 0. The fourth-order valence-electron chi connectivity index (χ4n) is 1.99. The molecule has 3 nitrogen and oxygen atoms in total. The number of benzene rings is 1. The van der Waals surface area contributed by atoms with Crippen molar-refractivity contribution in [3.05, 3.63) is 24.3 Å². The number of aliphatic hydroxyl groups excluding tert-OH is 1. The number of aromatic hydroxyl groups is 1. The van der Waals surface area contributed by atoms with E-state index in [0.717, 1.165) is 6.42 Å². The second-order valence-corrected chi connectivity index (χ2v) is 4.82. The predicted octanol–water partition coefficient (Wildman–Crippen LogP) is 2.15. The monoisotopic (exact) mass is 242 g/mol. The lowest BCUT2D eigenvalue weighted by Gasteiger charge is -2.15. The van der Waals surface area contributed by atoms with Gasteiger partial charge in [-0.15, -0.1) is 11.6 Å². The molecule has 1 aromatic carbocycles. The molecule has 2 rings (SSSR count). The van der Waals surface area contributed by atoms with Crippen LogP contribution in [0.15, 0.2) is 24.3 Å². The van der Waals surface area contributed by atoms with Crippen LogP contribution in [0.3, 0.4) is 0 Å². The minimum atomic E-state index is -0.375. The molecule has 1 aromatic rings. The summed E-state index contributed by atoms with van der Waals surface area (Å²) in [7, 11) is 0. The van der Waals surface area contributed by atoms with Gasteiger partial charge in [0.2, 0.25) is 0 Å². The lowest BCUT2D eigenvalue weighted by Crippen LogP contribution is -2.20. The molecular weight excluding hydrogens is 228 g/mol. The molecule has 1 fully saturated rings. The smallest absolute Gasteiger partial charge is 0.122 e. The van der Waals surface area contributed by atoms with Crippen molar-refractivity contribution in [3.63, 3.8) is 0 Å². The molecule has 0 heterocycles. The Balaban J connectivity index is 1.88. The van der Waals surface area contributed by atoms with E-state index >= 15 is 0 Å². The average molecular weight is 243 g/mol. The fraction of sp³-hybridized carbons (Fsp3) is 0.500. The van der Waals surface area contributed by atoms with E-state index in [2.05, 4.69) is 0 Å². The van der Waals surface area contributed by atoms with E-state index in [1.54, 1.807) is 24.3 Å². The summed E-state index contributed by atoms with van der Waals surface area (Å²) in [5, 5.41) is 19.0. The van der Waals surface area contributed by atoms with Crippen molar-refractivity contribution < 1.29 is 14.9 Å². The molecule has 4 heteroatoms. The van der Waals surface area contributed by atoms with Crippen molar-refractivity contribution in [1.29, 1.82) is 0 Å². The fourth-order valence-corrected chi connectivity index (χ4v) is 2.40. The van der Waals surface area contributed by atoms with Gasteiger partial charge >= 0.3 is 0 Å². The molecule has 0 saturated heterocycles. The van der Waals surface area contributed by atoms with Crippen LogP contribution in [0.1, 0.15) is 12.8 Å². The molecule has 0 aromatic heterocycles. The summed E-state index contributed by atoms with van der Waals surface area (Å²) >= 11 is 5.95. The molecule has 3 atom stereocenters. The maximum Gasteiger partial charge on any atom is 0.122 e. The largest absolute Gasteiger partial charge is 0.508 e. The summed E-state index contributed by atoms with van der Waals surface area (Å²) in [4.78, 5) is 0. The van der Waals surface area contributed by atoms with Gasteiger partial charge in [-0.25, -0.2) is 0 Å². The molecule has 0 spiro atoms. The zero-order valence-electron chi connectivity index (χ0n) is 8.84. The van der Waals surface area contributed by atoms with E-state index in [0.29, 0.717) is 18.8 Å². The molecule has 0 bridgehead atoms. The zero-order chi connectivity index (χ0) is 11.5. The highest BCUT2D eigenvalue weighted by molar-refractivity contribution is 6.20. The first-order valence-electron chi connectivity index (χ1n) is 5.39. The molecule has 1 saturated carbocycles. The molecule has 0 amide bonds. The van der Waals surface area contributed by atoms with Gasteiger partial charge in [-0.1, -0.05) is 6.07 Å². The van der Waals surface area contributed by atoms with Crippen LogP contribution in [-0.4, -0.2) is 28.3 Å². The first-order valence-corrected chi connectivity index (χ1v) is 5.83. The number of phenolic OH excluding ortho intramolecular Hbond substituents is 1. The third-order valence-electron chi connectivity index (χ3n) is 2.88. The minimum Gasteiger partial charge on any atom is -0.508 e. The van der Waals surface area contributed by atoms with Gasteiger partial charge in [0.15, 0.2) is 0 Å². The summed E-state index contributed by atoms with van der Waals surface area (Å²) in [6.07, 6.45) is 1.04. The van der Waals surface area contributed by atoms with Crippen molar-refractivity contribution in [2.45, 2.75) is 24.3 Å². The van der Waals surface area contributed by atoms with E-state index in [1.807, 2.05) is 0 Å². The zero-order valence-corrected chi connectivity index (χ0v) is 9.60. The van der Waals surface area contributed by atoms with Crippen LogP contribution < -0.4 is 4.74 Å². The van der Waals surface area contributed by atoms with Crippen LogP contribution in [0.4, 0.5) is 0 Å². The third kappa shape index (κ3) is 2.80. The number of hydrogen-bond donors (Lipinski definition) is 2. The van der Waals surface area contributed by atoms with Crippen LogP contribution in [0.2, 0.25) is 0 Å². The van der Waals surface area contributed by atoms with Crippen molar-refractivity contribution in [3.8, 4) is 11.5 Å². The highest BCUT2D eigenvalue weighted by Crippen LogP contribution is 2.30. The Bertz CT molecular complexity index is 356. The van der Waals surface area contributed by atoms with Crippen molar-refractivity contribution in [2.24, 2.45) is 5.92 Å². The summed E-state index contributed by atoms with van der Waals surface area (Å²) in [5.74, 6) is 0.884. The highest BCUT2D eigenvalue weighted by Gasteiger charge is 2.32. The van der Waals surface area contributed by atoms with Crippen molar-refractivity contribution in [2.75, 3.05) is 6.61 Å². The number of ether oxygens (including phenoxy) is 1. The number of hydrogen-bond acceptors (Lipinski definition) is 3. The molecule has 0 radical (unpaired) electrons. The molecular formula is C12H15ClO3. The summed E-state index contributed by atoms with van der Waals surface area (Å²) < 4.78 is 5.51. The van der Waals surface area contributed by atoms with Crippen LogP contribution in [0.25, 0.3) is 0 Å². The summed E-state index contributed by atoms with van der Waals surface area (Å²) in [6, 6.07) is 6.64. The Morgan fingerprint density at radius 1 is 1.38 bits per heavy atom. The molecule has 1 aliphatic rings. The Morgan fingerprint density at radius 2 is 2.19 bits per heavy atom. The predicted molar refractivity (Wildman–Crippen MR) is 62.0 cm³/mol. The topological polar surface area (TPSA) is 49.7 Å². The maximum absolute atomic E-state index is 9.68. The van der Waals surface area contributed by atoms with Gasteiger partial charge in [-0.05, 0) is 25.0 Å². The standard InChI is InChI=1S/C12H15ClO3/c13-9-4-8(12(15)5-9)7-16-11-3-1-2-10(14)6-11/h1-3,6,8-9,12,14-15H,4-5,7H2/t8-,9-,12+/m0/s1. The maximum atomic E-state index is 9.68. The number of alkyl halides is 1. The molecule has 0 aliphatic heterocycles. The molecule has 0 unspecified atom stereocenters. The first-order chi connectivity index (χ1) is 7.65. The SMILES string of the molecule is Oc1cccc(OC[C@@H]2C[C@H](Cl)C[C@H]2O)c1. The van der Waals surface area contributed by atoms with Crippen molar-refractivity contribution in [1.82, 2.24) is 0 Å². The van der Waals surface area contributed by atoms with E-state index in [-0.39, 0.29) is 23.1 Å². The Hall–Kier alpha value is -0.930. The van der Waals surface area contributed by atoms with Crippen molar-refractivity contribution >= 4 is 11.6 Å². The third-order valence-corrected chi connectivity index (χ3v) is 3.24. The van der Waals surface area contributed by atoms with E-state index < -0.39 is 0 Å². The van der Waals surface area contributed by atoms with Gasteiger partial charge in [0.25, 0.3) is 0 Å². The average Bonchev–Trinajstić information content (AvgIpc) is 2.54. The van der Waals surface area contributed by atoms with Gasteiger partial charge < -0.3 is 14.9 Å². The quantitative estimate of drug-likeness (QED) is 0.799. The van der Waals surface area contributed by atoms with E-state index in [9.17, 15) is 10.2 Å². The van der Waals surface area contributed by atoms with E-state index in [1.165, 1.54) is 0 Å². The Morgan fingerprint density at radius 3 is 2.81 bits per heavy atom. The lowest BCUT2D eigenvalue weighted by atomic mass is 10.1. The number of rotatable bonds is 3. The van der Waals surface area contributed by atoms with Crippen LogP contribution in [0.5, 0.6) is 11.5 Å².